The van der Waals surface area contributed by atoms with Gasteiger partial charge in [-0.25, -0.2) is 4.98 Å². The van der Waals surface area contributed by atoms with Gasteiger partial charge in [0.15, 0.2) is 0 Å². The highest BCUT2D eigenvalue weighted by atomic mass is 19.3. The number of hydrogen-bond acceptors (Lipinski definition) is 2. The number of aromatic nitrogens is 3. The summed E-state index contributed by atoms with van der Waals surface area (Å²) in [7, 11) is 0. The number of rotatable bonds is 5. The Morgan fingerprint density at radius 3 is 2.00 bits per heavy atom. The third-order valence-electron chi connectivity index (χ3n) is 9.40. The maximum Gasteiger partial charge on any atom is 0.503 e. The lowest BCUT2D eigenvalue weighted by Crippen LogP contribution is -2.20. The summed E-state index contributed by atoms with van der Waals surface area (Å²) in [6.45, 7) is 12.2. The van der Waals surface area contributed by atoms with Crippen LogP contribution in [0, 0.1) is 0 Å². The highest BCUT2D eigenvalue weighted by Crippen LogP contribution is 2.43. The molecule has 0 fully saturated rings. The van der Waals surface area contributed by atoms with Crippen molar-refractivity contribution in [3.05, 3.63) is 150 Å². The molecule has 3 aromatic heterocycles. The Labute approximate surface area is 303 Å². The van der Waals surface area contributed by atoms with Crippen LogP contribution in [0.15, 0.2) is 128 Å². The number of alkyl halides is 2. The van der Waals surface area contributed by atoms with Crippen LogP contribution in [0.5, 0.6) is 0 Å². The number of nitrogens with zero attached hydrogens (tertiary/aromatic N) is 5. The van der Waals surface area contributed by atoms with Crippen LogP contribution in [0.2, 0.25) is 0 Å². The van der Waals surface area contributed by atoms with Crippen LogP contribution in [-0.2, 0) is 16.8 Å². The Bertz CT molecular complexity index is 2830. The molecular formula is C44H39F2N5+2. The number of fused-ring (bicyclic) bond motifs is 4. The van der Waals surface area contributed by atoms with Crippen molar-refractivity contribution in [1.29, 1.82) is 0 Å². The van der Waals surface area contributed by atoms with E-state index in [-0.39, 0.29) is 16.7 Å². The van der Waals surface area contributed by atoms with Gasteiger partial charge in [0.25, 0.3) is 11.4 Å². The van der Waals surface area contributed by atoms with Crippen LogP contribution in [-0.4, -0.2) is 20.5 Å². The Kier molecular flexibility index (Phi) is 6.17. The van der Waals surface area contributed by atoms with E-state index in [1.165, 1.54) is 29.0 Å². The predicted molar refractivity (Wildman–Crippen MR) is 204 cm³/mol. The van der Waals surface area contributed by atoms with E-state index in [2.05, 4.69) is 31.8 Å². The van der Waals surface area contributed by atoms with Crippen LogP contribution >= 0.6 is 0 Å². The minimum atomic E-state index is -3.57. The second-order valence-corrected chi connectivity index (χ2v) is 14.9. The van der Waals surface area contributed by atoms with E-state index in [0.29, 0.717) is 34.0 Å². The molecule has 51 heavy (non-hydrogen) atoms. The third-order valence-corrected chi connectivity index (χ3v) is 9.40. The van der Waals surface area contributed by atoms with Crippen molar-refractivity contribution in [2.75, 3.05) is 0 Å². The average Bonchev–Trinajstić information content (AvgIpc) is 3.71. The number of halogens is 2. The van der Waals surface area contributed by atoms with Crippen molar-refractivity contribution in [3.8, 4) is 5.82 Å². The van der Waals surface area contributed by atoms with E-state index >= 15 is 8.78 Å². The van der Waals surface area contributed by atoms with Gasteiger partial charge in [-0.2, -0.15) is 8.78 Å². The minimum absolute atomic E-state index is 0.0982. The molecule has 252 valence electrons. The maximum atomic E-state index is 17.3. The first kappa shape index (κ1) is 27.0. The molecule has 0 N–H and O–H groups in total. The quantitative estimate of drug-likeness (QED) is 0.170. The first-order chi connectivity index (χ1) is 26.4. The van der Waals surface area contributed by atoms with E-state index in [1.54, 1.807) is 35.0 Å². The molecule has 0 unspecified atom stereocenters. The van der Waals surface area contributed by atoms with E-state index in [0.717, 1.165) is 21.9 Å². The summed E-state index contributed by atoms with van der Waals surface area (Å²) >= 11 is 0. The van der Waals surface area contributed by atoms with Gasteiger partial charge in [-0.1, -0.05) is 90.0 Å². The molecular weight excluding hydrogens is 637 g/mol. The fraction of sp³-hybridized carbons (Fsp3) is 0.205. The van der Waals surface area contributed by atoms with Crippen LogP contribution < -0.4 is 9.15 Å². The zero-order chi connectivity index (χ0) is 40.1. The first-order valence-corrected chi connectivity index (χ1v) is 16.8. The fourth-order valence-corrected chi connectivity index (χ4v) is 6.56. The minimum Gasteiger partial charge on any atom is -0.294 e. The zero-order valence-corrected chi connectivity index (χ0v) is 29.2. The van der Waals surface area contributed by atoms with Gasteiger partial charge in [-0.3, -0.25) is 9.55 Å². The summed E-state index contributed by atoms with van der Waals surface area (Å²) in [4.78, 5) is 9.10. The lowest BCUT2D eigenvalue weighted by molar-refractivity contribution is 0.0380. The van der Waals surface area contributed by atoms with E-state index in [4.69, 9.17) is 11.8 Å². The van der Waals surface area contributed by atoms with Gasteiger partial charge in [-0.05, 0) is 61.4 Å². The van der Waals surface area contributed by atoms with Crippen molar-refractivity contribution in [2.45, 2.75) is 58.3 Å². The largest absolute Gasteiger partial charge is 0.503 e. The monoisotopic (exact) mass is 680 g/mol. The Morgan fingerprint density at radius 1 is 0.647 bits per heavy atom. The SMILES string of the molecule is [2H]c1c([2H])c([2H])c([N+]2=C=[N+](c3cc(C(C)(C)C)cc(C(F)(F)c4cc5c(cn4)c4ccccc4n5-c4cc(C(C)(C)C)ccn4)c3)c3ccccc32)c([2H])c1[2H]. The normalized spacial score (nSPS) is 14.8. The third kappa shape index (κ3) is 5.55. The van der Waals surface area contributed by atoms with Gasteiger partial charge in [0.1, 0.15) is 11.5 Å². The molecule has 7 aromatic rings. The van der Waals surface area contributed by atoms with Gasteiger partial charge < -0.3 is 0 Å². The Hall–Kier alpha value is -5.78. The van der Waals surface area contributed by atoms with Crippen LogP contribution in [0.3, 0.4) is 0 Å². The number of benzene rings is 4. The molecule has 1 aliphatic heterocycles. The molecule has 0 amide bonds. The molecule has 0 saturated carbocycles. The molecule has 0 radical (unpaired) electrons. The summed E-state index contributed by atoms with van der Waals surface area (Å²) in [5, 5.41) is 1.59. The fourth-order valence-electron chi connectivity index (χ4n) is 6.56. The summed E-state index contributed by atoms with van der Waals surface area (Å²) in [5.74, 6) is -2.96. The van der Waals surface area contributed by atoms with Crippen LogP contribution in [0.1, 0.15) is 70.8 Å². The van der Waals surface area contributed by atoms with Gasteiger partial charge in [0.2, 0.25) is 11.4 Å². The van der Waals surface area contributed by atoms with Gasteiger partial charge in [-0.15, -0.1) is 0 Å². The second-order valence-electron chi connectivity index (χ2n) is 14.9. The first-order valence-electron chi connectivity index (χ1n) is 19.3. The molecule has 8 rings (SSSR count). The number of hydrogen-bond donors (Lipinski definition) is 0. The van der Waals surface area contributed by atoms with Crippen LogP contribution in [0.4, 0.5) is 31.5 Å². The van der Waals surface area contributed by atoms with E-state index < -0.39 is 47.2 Å². The molecule has 7 heteroatoms. The highest BCUT2D eigenvalue weighted by molar-refractivity contribution is 6.08. The second kappa shape index (κ2) is 11.6. The summed E-state index contributed by atoms with van der Waals surface area (Å²) in [6, 6.07) is 25.8. The molecule has 0 aliphatic carbocycles. The van der Waals surface area contributed by atoms with Gasteiger partial charge in [0, 0.05) is 65.1 Å². The van der Waals surface area contributed by atoms with E-state index in [1.807, 2.05) is 67.8 Å². The van der Waals surface area contributed by atoms with Crippen molar-refractivity contribution in [1.82, 2.24) is 23.7 Å². The summed E-state index contributed by atoms with van der Waals surface area (Å²) in [6.07, 6.45) is 3.26. The predicted octanol–water partition coefficient (Wildman–Crippen LogP) is 11.2. The molecule has 0 spiro atoms. The summed E-state index contributed by atoms with van der Waals surface area (Å²) < 4.78 is 81.4. The highest BCUT2D eigenvalue weighted by Gasteiger charge is 2.41. The topological polar surface area (TPSA) is 36.7 Å². The van der Waals surface area contributed by atoms with Gasteiger partial charge >= 0.3 is 11.9 Å². The molecule has 0 saturated heterocycles. The van der Waals surface area contributed by atoms with E-state index in [9.17, 15) is 0 Å². The Morgan fingerprint density at radius 2 is 1.29 bits per heavy atom. The smallest absolute Gasteiger partial charge is 0.294 e. The number of para-hydroxylation sites is 4. The van der Waals surface area contributed by atoms with Crippen molar-refractivity contribution in [2.24, 2.45) is 0 Å². The zero-order valence-electron chi connectivity index (χ0n) is 34.2. The Balaban J connectivity index is 1.35. The summed E-state index contributed by atoms with van der Waals surface area (Å²) in [5.41, 5.74) is 2.88. The maximum absolute atomic E-state index is 17.3. The standard InChI is InChI=1S/C44H39F2N5/c1-42(2,3)29-20-21-47-41(25-29)51-36-17-11-10-16-34(36)35-27-48-40(26-39(35)51)44(45,46)31-22-30(43(4,5)6)23-33(24-31)50-28-49(32-14-8-7-9-15-32)37-18-12-13-19-38(37)50/h7-27H,1-6H3/q+2/i7D,8D,9D,14D,15D. The molecule has 4 heterocycles. The van der Waals surface area contributed by atoms with Gasteiger partial charge in [0.05, 0.1) is 17.9 Å². The molecule has 1 aliphatic rings. The van der Waals surface area contributed by atoms with Crippen molar-refractivity contribution in [3.63, 3.8) is 0 Å². The molecule has 0 bridgehead atoms. The molecule has 5 nitrogen and oxygen atoms in total. The molecule has 0 atom stereocenters. The molecule has 4 aromatic carbocycles. The average molecular weight is 681 g/mol. The number of pyridine rings is 2. The van der Waals surface area contributed by atoms with Crippen molar-refractivity contribution >= 4 is 50.6 Å². The lowest BCUT2D eigenvalue weighted by Gasteiger charge is -2.23. The van der Waals surface area contributed by atoms with Crippen molar-refractivity contribution < 1.29 is 15.6 Å². The lowest BCUT2D eigenvalue weighted by atomic mass is 9.84. The van der Waals surface area contributed by atoms with Crippen LogP contribution in [0.25, 0.3) is 27.6 Å².